The molecule has 0 spiro atoms. The van der Waals surface area contributed by atoms with Gasteiger partial charge in [0.05, 0.1) is 17.8 Å². The van der Waals surface area contributed by atoms with Crippen LogP contribution < -0.4 is 14.8 Å². The van der Waals surface area contributed by atoms with E-state index in [-0.39, 0.29) is 48.2 Å². The quantitative estimate of drug-likeness (QED) is 0.418. The highest BCUT2D eigenvalue weighted by atomic mass is 19.1. The van der Waals surface area contributed by atoms with Crippen molar-refractivity contribution in [2.45, 2.75) is 26.5 Å². The van der Waals surface area contributed by atoms with Gasteiger partial charge in [0.15, 0.2) is 17.1 Å². The number of pyridine rings is 1. The second-order valence-corrected chi connectivity index (χ2v) is 7.46. The van der Waals surface area contributed by atoms with Crippen LogP contribution >= 0.6 is 0 Å². The number of aromatic nitrogens is 2. The van der Waals surface area contributed by atoms with Crippen molar-refractivity contribution < 1.29 is 27.5 Å². The molecule has 170 valence electrons. The molecular formula is C24H21F2N3O4. The maximum absolute atomic E-state index is 14.7. The van der Waals surface area contributed by atoms with Gasteiger partial charge in [0, 0.05) is 19.1 Å². The van der Waals surface area contributed by atoms with E-state index < -0.39 is 11.6 Å². The van der Waals surface area contributed by atoms with Gasteiger partial charge >= 0.3 is 0 Å². The zero-order chi connectivity index (χ0) is 23.4. The van der Waals surface area contributed by atoms with Crippen LogP contribution in [0.1, 0.15) is 19.4 Å². The lowest BCUT2D eigenvalue weighted by atomic mass is 10.2. The highest BCUT2D eigenvalue weighted by Crippen LogP contribution is 2.31. The van der Waals surface area contributed by atoms with E-state index in [1.165, 1.54) is 19.2 Å². The largest absolute Gasteiger partial charge is 0.486 e. The van der Waals surface area contributed by atoms with E-state index in [0.717, 1.165) is 17.7 Å². The first-order chi connectivity index (χ1) is 15.9. The summed E-state index contributed by atoms with van der Waals surface area (Å²) in [6.07, 6.45) is 1.41. The van der Waals surface area contributed by atoms with Gasteiger partial charge in [0.2, 0.25) is 17.7 Å². The number of nitrogens with one attached hydrogen (secondary N) is 1. The highest BCUT2D eigenvalue weighted by molar-refractivity contribution is 5.76. The Kier molecular flexibility index (Phi) is 6.48. The van der Waals surface area contributed by atoms with Crippen molar-refractivity contribution in [1.29, 1.82) is 0 Å². The number of oxazole rings is 1. The minimum absolute atomic E-state index is 0.0958. The Bertz CT molecular complexity index is 1280. The summed E-state index contributed by atoms with van der Waals surface area (Å²) in [7, 11) is 0. The van der Waals surface area contributed by atoms with Gasteiger partial charge in [-0.15, -0.1) is 0 Å². The minimum Gasteiger partial charge on any atom is -0.486 e. The molecule has 4 aromatic rings. The van der Waals surface area contributed by atoms with Crippen molar-refractivity contribution in [3.8, 4) is 23.1 Å². The molecule has 0 radical (unpaired) electrons. The highest BCUT2D eigenvalue weighted by Gasteiger charge is 2.18. The molecule has 2 heterocycles. The lowest BCUT2D eigenvalue weighted by Crippen LogP contribution is -2.35. The Labute approximate surface area is 188 Å². The summed E-state index contributed by atoms with van der Waals surface area (Å²) in [6.45, 7) is 3.51. The fourth-order valence-corrected chi connectivity index (χ4v) is 3.15. The van der Waals surface area contributed by atoms with E-state index in [2.05, 4.69) is 15.3 Å². The summed E-state index contributed by atoms with van der Waals surface area (Å²) in [6, 6.07) is 12.4. The number of amides is 1. The van der Waals surface area contributed by atoms with Crippen molar-refractivity contribution >= 4 is 17.0 Å². The molecular weight excluding hydrogens is 432 g/mol. The van der Waals surface area contributed by atoms with E-state index in [1.54, 1.807) is 6.92 Å². The normalized spacial score (nSPS) is 11.9. The summed E-state index contributed by atoms with van der Waals surface area (Å²) in [5.41, 5.74) is 1.35. The molecule has 1 N–H and O–H groups in total. The van der Waals surface area contributed by atoms with Crippen LogP contribution in [0.4, 0.5) is 8.78 Å². The number of benzene rings is 2. The maximum Gasteiger partial charge on any atom is 0.230 e. The molecule has 0 saturated carbocycles. The first-order valence-corrected chi connectivity index (χ1v) is 10.2. The van der Waals surface area contributed by atoms with Crippen LogP contribution in [0.15, 0.2) is 59.1 Å². The number of halogens is 2. The van der Waals surface area contributed by atoms with Gasteiger partial charge < -0.3 is 19.2 Å². The van der Waals surface area contributed by atoms with E-state index >= 15 is 0 Å². The Morgan fingerprint density at radius 3 is 2.67 bits per heavy atom. The lowest BCUT2D eigenvalue weighted by Gasteiger charge is -2.12. The van der Waals surface area contributed by atoms with Crippen LogP contribution in [0.5, 0.6) is 11.6 Å². The molecule has 0 bridgehead atoms. The standard InChI is InChI=1S/C24H21F2N3O4/c1-14(28-15(2)30)12-32-23-10-22-20(11-27-23)29-24(33-22)17-8-19(26)21(9-18(17)25)31-13-16-6-4-3-5-7-16/h3-11,14H,12-13H2,1-2H3,(H,28,30)/t14-/m0/s1. The van der Waals surface area contributed by atoms with Gasteiger partial charge in [-0.1, -0.05) is 30.3 Å². The summed E-state index contributed by atoms with van der Waals surface area (Å²) >= 11 is 0. The Morgan fingerprint density at radius 2 is 1.91 bits per heavy atom. The van der Waals surface area contributed by atoms with Crippen LogP contribution in [0.3, 0.4) is 0 Å². The number of hydrogen-bond acceptors (Lipinski definition) is 6. The maximum atomic E-state index is 14.7. The van der Waals surface area contributed by atoms with Crippen molar-refractivity contribution in [3.63, 3.8) is 0 Å². The SMILES string of the molecule is CC(=O)N[C@@H](C)COc1cc2oc(-c3cc(F)c(OCc4ccccc4)cc3F)nc2cn1. The number of rotatable bonds is 8. The lowest BCUT2D eigenvalue weighted by molar-refractivity contribution is -0.119. The average Bonchev–Trinajstić information content (AvgIpc) is 3.21. The van der Waals surface area contributed by atoms with Crippen molar-refractivity contribution in [1.82, 2.24) is 15.3 Å². The summed E-state index contributed by atoms with van der Waals surface area (Å²) < 4.78 is 45.9. The van der Waals surface area contributed by atoms with E-state index in [0.29, 0.717) is 11.1 Å². The van der Waals surface area contributed by atoms with Gasteiger partial charge in [-0.3, -0.25) is 4.79 Å². The van der Waals surface area contributed by atoms with Crippen molar-refractivity contribution in [2.75, 3.05) is 6.61 Å². The molecule has 0 aliphatic carbocycles. The summed E-state index contributed by atoms with van der Waals surface area (Å²) in [4.78, 5) is 19.4. The van der Waals surface area contributed by atoms with Crippen LogP contribution in [-0.2, 0) is 11.4 Å². The Balaban J connectivity index is 1.50. The molecule has 1 amide bonds. The van der Waals surface area contributed by atoms with Gasteiger partial charge in [-0.2, -0.15) is 0 Å². The van der Waals surface area contributed by atoms with Crippen LogP contribution in [-0.4, -0.2) is 28.5 Å². The number of nitrogens with zero attached hydrogens (tertiary/aromatic N) is 2. The molecule has 0 aliphatic rings. The molecule has 0 aliphatic heterocycles. The molecule has 9 heteroatoms. The topological polar surface area (TPSA) is 86.5 Å². The number of carbonyl (C=O) groups excluding carboxylic acids is 1. The molecule has 2 aromatic carbocycles. The fraction of sp³-hybridized carbons (Fsp3) is 0.208. The Morgan fingerprint density at radius 1 is 1.12 bits per heavy atom. The van der Waals surface area contributed by atoms with Gasteiger partial charge in [-0.25, -0.2) is 18.7 Å². The minimum atomic E-state index is -0.737. The zero-order valence-corrected chi connectivity index (χ0v) is 18.0. The molecule has 4 rings (SSSR count). The van der Waals surface area contributed by atoms with Gasteiger partial charge in [0.1, 0.15) is 24.5 Å². The zero-order valence-electron chi connectivity index (χ0n) is 18.0. The van der Waals surface area contributed by atoms with Crippen LogP contribution in [0.25, 0.3) is 22.6 Å². The predicted octanol–water partition coefficient (Wildman–Crippen LogP) is 4.65. The number of fused-ring (bicyclic) bond motifs is 1. The molecule has 0 unspecified atom stereocenters. The first kappa shape index (κ1) is 22.2. The van der Waals surface area contributed by atoms with Crippen LogP contribution in [0, 0.1) is 11.6 Å². The van der Waals surface area contributed by atoms with E-state index in [4.69, 9.17) is 13.9 Å². The molecule has 2 aromatic heterocycles. The number of carbonyl (C=O) groups is 1. The second-order valence-electron chi connectivity index (χ2n) is 7.46. The van der Waals surface area contributed by atoms with E-state index in [9.17, 15) is 13.6 Å². The first-order valence-electron chi connectivity index (χ1n) is 10.2. The summed E-state index contributed by atoms with van der Waals surface area (Å²) in [5.74, 6) is -1.69. The number of hydrogen-bond donors (Lipinski definition) is 1. The van der Waals surface area contributed by atoms with Gasteiger partial charge in [-0.05, 0) is 18.6 Å². The molecule has 0 saturated heterocycles. The predicted molar refractivity (Wildman–Crippen MR) is 117 cm³/mol. The smallest absolute Gasteiger partial charge is 0.230 e. The third kappa shape index (κ3) is 5.43. The molecule has 0 fully saturated rings. The average molecular weight is 453 g/mol. The van der Waals surface area contributed by atoms with Gasteiger partial charge in [0.25, 0.3) is 0 Å². The molecule has 7 nitrogen and oxygen atoms in total. The summed E-state index contributed by atoms with van der Waals surface area (Å²) in [5, 5.41) is 2.70. The Hall–Kier alpha value is -4.01. The molecule has 33 heavy (non-hydrogen) atoms. The third-order valence-corrected chi connectivity index (χ3v) is 4.67. The second kappa shape index (κ2) is 9.64. The number of ether oxygens (including phenoxy) is 2. The monoisotopic (exact) mass is 453 g/mol. The van der Waals surface area contributed by atoms with Crippen molar-refractivity contribution in [2.24, 2.45) is 0 Å². The molecule has 1 atom stereocenters. The third-order valence-electron chi connectivity index (χ3n) is 4.67. The fourth-order valence-electron chi connectivity index (χ4n) is 3.15. The van der Waals surface area contributed by atoms with Crippen molar-refractivity contribution in [3.05, 3.63) is 71.9 Å². The van der Waals surface area contributed by atoms with Crippen LogP contribution in [0.2, 0.25) is 0 Å². The van der Waals surface area contributed by atoms with E-state index in [1.807, 2.05) is 30.3 Å².